The Bertz CT molecular complexity index is 762. The SMILES string of the molecule is O=C(c1cccc(-c2cncnc2)c1)N1CCCO[C@H](CN2CCCC2)C1. The van der Waals surface area contributed by atoms with Gasteiger partial charge in [0.1, 0.15) is 6.33 Å². The number of aromatic nitrogens is 2. The molecule has 0 saturated carbocycles. The summed E-state index contributed by atoms with van der Waals surface area (Å²) in [5.41, 5.74) is 2.58. The van der Waals surface area contributed by atoms with E-state index in [-0.39, 0.29) is 12.0 Å². The van der Waals surface area contributed by atoms with Gasteiger partial charge in [-0.25, -0.2) is 9.97 Å². The van der Waals surface area contributed by atoms with Crippen molar-refractivity contribution in [1.82, 2.24) is 19.8 Å². The van der Waals surface area contributed by atoms with Crippen molar-refractivity contribution >= 4 is 5.91 Å². The van der Waals surface area contributed by atoms with E-state index in [2.05, 4.69) is 14.9 Å². The Kier molecular flexibility index (Phi) is 5.75. The van der Waals surface area contributed by atoms with E-state index in [1.807, 2.05) is 29.2 Å². The summed E-state index contributed by atoms with van der Waals surface area (Å²) >= 11 is 0. The van der Waals surface area contributed by atoms with Crippen LogP contribution in [0.25, 0.3) is 11.1 Å². The molecule has 1 aromatic carbocycles. The number of carbonyl (C=O) groups is 1. The van der Waals surface area contributed by atoms with Crippen LogP contribution in [0.3, 0.4) is 0 Å². The molecule has 0 spiro atoms. The van der Waals surface area contributed by atoms with E-state index >= 15 is 0 Å². The van der Waals surface area contributed by atoms with Crippen LogP contribution in [0.2, 0.25) is 0 Å². The zero-order valence-electron chi connectivity index (χ0n) is 15.6. The van der Waals surface area contributed by atoms with Gasteiger partial charge in [0.25, 0.3) is 5.91 Å². The second-order valence-electron chi connectivity index (χ2n) is 7.31. The number of nitrogens with zero attached hydrogens (tertiary/aromatic N) is 4. The summed E-state index contributed by atoms with van der Waals surface area (Å²) in [6, 6.07) is 7.72. The van der Waals surface area contributed by atoms with Crippen LogP contribution >= 0.6 is 0 Å². The Morgan fingerprint density at radius 3 is 2.70 bits per heavy atom. The van der Waals surface area contributed by atoms with E-state index < -0.39 is 0 Å². The van der Waals surface area contributed by atoms with Gasteiger partial charge in [0, 0.05) is 49.8 Å². The third-order valence-corrected chi connectivity index (χ3v) is 5.30. The molecule has 6 nitrogen and oxygen atoms in total. The topological polar surface area (TPSA) is 58.6 Å². The number of benzene rings is 1. The summed E-state index contributed by atoms with van der Waals surface area (Å²) in [7, 11) is 0. The number of likely N-dealkylation sites (tertiary alicyclic amines) is 1. The van der Waals surface area contributed by atoms with Gasteiger partial charge in [-0.05, 0) is 50.0 Å². The molecule has 0 unspecified atom stereocenters. The normalized spacial score (nSPS) is 21.2. The van der Waals surface area contributed by atoms with E-state index in [0.29, 0.717) is 12.1 Å². The number of rotatable bonds is 4. The van der Waals surface area contributed by atoms with Gasteiger partial charge < -0.3 is 14.5 Å². The van der Waals surface area contributed by atoms with Crippen LogP contribution in [0.1, 0.15) is 29.6 Å². The standard InChI is InChI=1S/C21H26N4O2/c26-21(18-6-3-5-17(11-18)19-12-22-16-23-13-19)25-9-4-10-27-20(15-25)14-24-7-1-2-8-24/h3,5-6,11-13,16,20H,1-2,4,7-10,14-15H2/t20-/m1/s1. The van der Waals surface area contributed by atoms with Crippen LogP contribution in [0, 0.1) is 0 Å². The minimum Gasteiger partial charge on any atom is -0.375 e. The minimum absolute atomic E-state index is 0.0746. The van der Waals surface area contributed by atoms with Crippen LogP contribution in [-0.4, -0.2) is 71.1 Å². The fourth-order valence-corrected chi connectivity index (χ4v) is 3.91. The van der Waals surface area contributed by atoms with E-state index in [0.717, 1.165) is 50.3 Å². The molecule has 2 aliphatic heterocycles. The maximum Gasteiger partial charge on any atom is 0.253 e. The molecule has 0 radical (unpaired) electrons. The summed E-state index contributed by atoms with van der Waals surface area (Å²) < 4.78 is 6.02. The van der Waals surface area contributed by atoms with Crippen LogP contribution in [0.15, 0.2) is 43.0 Å². The number of amides is 1. The molecule has 0 N–H and O–H groups in total. The number of ether oxygens (including phenoxy) is 1. The smallest absolute Gasteiger partial charge is 0.253 e. The minimum atomic E-state index is 0.0746. The lowest BCUT2D eigenvalue weighted by Crippen LogP contribution is -2.41. The highest BCUT2D eigenvalue weighted by Crippen LogP contribution is 2.20. The molecule has 1 aromatic heterocycles. The predicted molar refractivity (Wildman–Crippen MR) is 103 cm³/mol. The molecule has 0 bridgehead atoms. The second kappa shape index (κ2) is 8.59. The van der Waals surface area contributed by atoms with Crippen LogP contribution in [-0.2, 0) is 4.74 Å². The first-order valence-electron chi connectivity index (χ1n) is 9.78. The average Bonchev–Trinajstić information content (AvgIpc) is 3.12. The van der Waals surface area contributed by atoms with Gasteiger partial charge in [-0.3, -0.25) is 4.79 Å². The van der Waals surface area contributed by atoms with Crippen molar-refractivity contribution in [3.8, 4) is 11.1 Å². The summed E-state index contributed by atoms with van der Waals surface area (Å²) in [4.78, 5) is 25.7. The summed E-state index contributed by atoms with van der Waals surface area (Å²) in [5.74, 6) is 0.0746. The van der Waals surface area contributed by atoms with E-state index in [9.17, 15) is 4.79 Å². The second-order valence-corrected chi connectivity index (χ2v) is 7.31. The highest BCUT2D eigenvalue weighted by Gasteiger charge is 2.26. The molecule has 3 heterocycles. The van der Waals surface area contributed by atoms with Crippen LogP contribution in [0.4, 0.5) is 0 Å². The first-order chi connectivity index (χ1) is 13.3. The van der Waals surface area contributed by atoms with Crippen molar-refractivity contribution in [1.29, 1.82) is 0 Å². The van der Waals surface area contributed by atoms with Crippen LogP contribution in [0.5, 0.6) is 0 Å². The van der Waals surface area contributed by atoms with Gasteiger partial charge in [0.15, 0.2) is 0 Å². The summed E-state index contributed by atoms with van der Waals surface area (Å²) in [5, 5.41) is 0. The fraction of sp³-hybridized carbons (Fsp3) is 0.476. The third kappa shape index (κ3) is 4.51. The molecular weight excluding hydrogens is 340 g/mol. The predicted octanol–water partition coefficient (Wildman–Crippen LogP) is 2.47. The van der Waals surface area contributed by atoms with Gasteiger partial charge >= 0.3 is 0 Å². The zero-order chi connectivity index (χ0) is 18.5. The highest BCUT2D eigenvalue weighted by atomic mass is 16.5. The largest absolute Gasteiger partial charge is 0.375 e. The molecule has 6 heteroatoms. The van der Waals surface area contributed by atoms with Crippen molar-refractivity contribution in [3.63, 3.8) is 0 Å². The Hall–Kier alpha value is -2.31. The van der Waals surface area contributed by atoms with Crippen molar-refractivity contribution in [2.75, 3.05) is 39.3 Å². The third-order valence-electron chi connectivity index (χ3n) is 5.30. The van der Waals surface area contributed by atoms with Gasteiger partial charge in [0.05, 0.1) is 6.10 Å². The molecule has 142 valence electrons. The number of carbonyl (C=O) groups excluding carboxylic acids is 1. The summed E-state index contributed by atoms with van der Waals surface area (Å²) in [6.07, 6.45) is 8.56. The monoisotopic (exact) mass is 366 g/mol. The Morgan fingerprint density at radius 1 is 1.07 bits per heavy atom. The fourth-order valence-electron chi connectivity index (χ4n) is 3.91. The first-order valence-corrected chi connectivity index (χ1v) is 9.78. The molecule has 2 aliphatic rings. The molecule has 2 aromatic rings. The lowest BCUT2D eigenvalue weighted by atomic mass is 10.0. The van der Waals surface area contributed by atoms with Crippen molar-refractivity contribution < 1.29 is 9.53 Å². The lowest BCUT2D eigenvalue weighted by molar-refractivity contribution is 0.0297. The van der Waals surface area contributed by atoms with Gasteiger partial charge in [-0.15, -0.1) is 0 Å². The van der Waals surface area contributed by atoms with E-state index in [1.165, 1.54) is 19.2 Å². The zero-order valence-corrected chi connectivity index (χ0v) is 15.6. The van der Waals surface area contributed by atoms with Crippen molar-refractivity contribution in [2.45, 2.75) is 25.4 Å². The molecule has 1 atom stereocenters. The average molecular weight is 366 g/mol. The number of hydrogen-bond acceptors (Lipinski definition) is 5. The Labute approximate surface area is 160 Å². The van der Waals surface area contributed by atoms with Gasteiger partial charge in [-0.2, -0.15) is 0 Å². The molecule has 2 fully saturated rings. The highest BCUT2D eigenvalue weighted by molar-refractivity contribution is 5.95. The van der Waals surface area contributed by atoms with Gasteiger partial charge in [-0.1, -0.05) is 12.1 Å². The molecule has 0 aliphatic carbocycles. The summed E-state index contributed by atoms with van der Waals surface area (Å²) in [6.45, 7) is 5.35. The molecule has 2 saturated heterocycles. The molecular formula is C21H26N4O2. The van der Waals surface area contributed by atoms with E-state index in [1.54, 1.807) is 12.4 Å². The van der Waals surface area contributed by atoms with Gasteiger partial charge in [0.2, 0.25) is 0 Å². The van der Waals surface area contributed by atoms with Crippen molar-refractivity contribution in [2.24, 2.45) is 0 Å². The maximum atomic E-state index is 13.1. The first kappa shape index (κ1) is 18.1. The maximum absolute atomic E-state index is 13.1. The number of hydrogen-bond donors (Lipinski definition) is 0. The molecule has 27 heavy (non-hydrogen) atoms. The Balaban J connectivity index is 1.47. The quantitative estimate of drug-likeness (QED) is 0.832. The lowest BCUT2D eigenvalue weighted by Gasteiger charge is -2.27. The van der Waals surface area contributed by atoms with E-state index in [4.69, 9.17) is 4.74 Å². The molecule has 1 amide bonds. The Morgan fingerprint density at radius 2 is 1.89 bits per heavy atom. The molecule has 4 rings (SSSR count). The van der Waals surface area contributed by atoms with Crippen molar-refractivity contribution in [3.05, 3.63) is 48.5 Å². The van der Waals surface area contributed by atoms with Crippen LogP contribution < -0.4 is 0 Å².